The quantitative estimate of drug-likeness (QED) is 0.511. The van der Waals surface area contributed by atoms with Gasteiger partial charge in [0.1, 0.15) is 4.90 Å². The molecule has 0 saturated heterocycles. The Bertz CT molecular complexity index is 584. The molecule has 10 heteroatoms. The van der Waals surface area contributed by atoms with Crippen LogP contribution < -0.4 is 10.9 Å². The van der Waals surface area contributed by atoms with Crippen LogP contribution in [0.5, 0.6) is 0 Å². The lowest BCUT2D eigenvalue weighted by atomic mass is 10.3. The first-order chi connectivity index (χ1) is 7.03. The van der Waals surface area contributed by atoms with Gasteiger partial charge < -0.3 is 5.73 Å². The number of rotatable bonds is 2. The average molecular weight is 331 g/mol. The van der Waals surface area contributed by atoms with E-state index in [1.165, 1.54) is 0 Å². The average Bonchev–Trinajstić information content (AvgIpc) is 1.97. The van der Waals surface area contributed by atoms with E-state index < -0.39 is 29.9 Å². The molecular weight excluding hydrogens is 324 g/mol. The maximum absolute atomic E-state index is 11.1. The molecule has 1 aromatic rings. The summed E-state index contributed by atoms with van der Waals surface area (Å²) in [7, 11) is -8.71. The van der Waals surface area contributed by atoms with Crippen LogP contribution in [0.15, 0.2) is 26.4 Å². The first kappa shape index (κ1) is 13.4. The molecule has 90 valence electrons. The van der Waals surface area contributed by atoms with Crippen LogP contribution in [0, 0.1) is 0 Å². The Kier molecular flexibility index (Phi) is 3.32. The van der Waals surface area contributed by atoms with E-state index in [1.54, 1.807) is 0 Å². The second-order valence-electron chi connectivity index (χ2n) is 2.84. The topological polar surface area (TPSA) is 141 Å². The van der Waals surface area contributed by atoms with Gasteiger partial charge in [-0.2, -0.15) is 8.42 Å². The molecular formula is C6H7BrN2O5S2. The normalized spacial score (nSPS) is 12.7. The highest BCUT2D eigenvalue weighted by Gasteiger charge is 2.21. The largest absolute Gasteiger partial charge is 0.398 e. The van der Waals surface area contributed by atoms with Crippen molar-refractivity contribution in [2.45, 2.75) is 9.79 Å². The van der Waals surface area contributed by atoms with Gasteiger partial charge in [-0.3, -0.25) is 4.55 Å². The molecule has 0 aliphatic carbocycles. The van der Waals surface area contributed by atoms with Crippen LogP contribution in [0.1, 0.15) is 0 Å². The summed E-state index contributed by atoms with van der Waals surface area (Å²) in [5, 5.41) is 4.84. The zero-order valence-electron chi connectivity index (χ0n) is 7.58. The Balaban J connectivity index is 3.72. The highest BCUT2D eigenvalue weighted by molar-refractivity contribution is 9.10. The van der Waals surface area contributed by atoms with Crippen molar-refractivity contribution in [1.29, 1.82) is 0 Å². The number of halogens is 1. The van der Waals surface area contributed by atoms with Crippen LogP contribution >= 0.6 is 15.9 Å². The lowest BCUT2D eigenvalue weighted by Crippen LogP contribution is -2.14. The highest BCUT2D eigenvalue weighted by atomic mass is 79.9. The van der Waals surface area contributed by atoms with Gasteiger partial charge in [0.05, 0.1) is 10.6 Å². The molecule has 0 spiro atoms. The molecule has 0 bridgehead atoms. The zero-order valence-corrected chi connectivity index (χ0v) is 10.8. The molecule has 5 N–H and O–H groups in total. The van der Waals surface area contributed by atoms with E-state index in [0.29, 0.717) is 6.07 Å². The third-order valence-electron chi connectivity index (χ3n) is 1.65. The summed E-state index contributed by atoms with van der Waals surface area (Å²) in [5.74, 6) is 0. The van der Waals surface area contributed by atoms with Crippen LogP contribution in [-0.4, -0.2) is 21.4 Å². The minimum absolute atomic E-state index is 0.0138. The predicted octanol–water partition coefficient (Wildman–Crippen LogP) is -0.0746. The number of primary sulfonamides is 1. The predicted molar refractivity (Wildman–Crippen MR) is 59.7 cm³/mol. The van der Waals surface area contributed by atoms with Crippen LogP contribution in [0.3, 0.4) is 0 Å². The van der Waals surface area contributed by atoms with Crippen LogP contribution in [0.2, 0.25) is 0 Å². The molecule has 16 heavy (non-hydrogen) atoms. The van der Waals surface area contributed by atoms with Gasteiger partial charge in [0.15, 0.2) is 0 Å². The summed E-state index contributed by atoms with van der Waals surface area (Å²) in [6, 6.07) is 1.72. The fourth-order valence-electron chi connectivity index (χ4n) is 0.992. The van der Waals surface area contributed by atoms with Crippen LogP contribution in [-0.2, 0) is 20.1 Å². The Morgan fingerprint density at radius 3 is 2.00 bits per heavy atom. The second-order valence-corrected chi connectivity index (χ2v) is 6.61. The van der Waals surface area contributed by atoms with E-state index in [0.717, 1.165) is 6.07 Å². The van der Waals surface area contributed by atoms with Gasteiger partial charge in [0.25, 0.3) is 10.1 Å². The van der Waals surface area contributed by atoms with Crippen molar-refractivity contribution in [2.75, 3.05) is 5.73 Å². The van der Waals surface area contributed by atoms with Crippen LogP contribution in [0.25, 0.3) is 0 Å². The lowest BCUT2D eigenvalue weighted by molar-refractivity contribution is 0.483. The molecule has 0 aliphatic heterocycles. The van der Waals surface area contributed by atoms with Crippen molar-refractivity contribution < 1.29 is 21.4 Å². The maximum Gasteiger partial charge on any atom is 0.296 e. The van der Waals surface area contributed by atoms with E-state index in [2.05, 4.69) is 15.9 Å². The van der Waals surface area contributed by atoms with Gasteiger partial charge in [-0.1, -0.05) is 0 Å². The molecule has 0 radical (unpaired) electrons. The molecule has 0 saturated carbocycles. The van der Waals surface area contributed by atoms with E-state index >= 15 is 0 Å². The standard InChI is InChI=1S/C6H7BrN2O5S2/c7-3-1-4(8)6(16(12,13)14)2-5(3)15(9,10)11/h1-2H,8H2,(H2,9,10,11)(H,12,13,14). The molecule has 0 amide bonds. The summed E-state index contributed by atoms with van der Waals surface area (Å²) in [4.78, 5) is -1.19. The Hall–Kier alpha value is -0.680. The number of anilines is 1. The number of sulfonamides is 1. The summed E-state index contributed by atoms with van der Waals surface area (Å²) < 4.78 is 52.7. The fourth-order valence-corrected chi connectivity index (χ4v) is 3.34. The minimum Gasteiger partial charge on any atom is -0.398 e. The SMILES string of the molecule is Nc1cc(Br)c(S(N)(=O)=O)cc1S(=O)(=O)O. The van der Waals surface area contributed by atoms with Crippen molar-refractivity contribution in [3.63, 3.8) is 0 Å². The van der Waals surface area contributed by atoms with Crippen molar-refractivity contribution in [2.24, 2.45) is 5.14 Å². The zero-order chi connectivity index (χ0) is 12.7. The molecule has 0 heterocycles. The molecule has 1 rings (SSSR count). The summed E-state index contributed by atoms with van der Waals surface area (Å²) in [6.45, 7) is 0. The molecule has 0 fully saturated rings. The minimum atomic E-state index is -4.60. The highest BCUT2D eigenvalue weighted by Crippen LogP contribution is 2.29. The summed E-state index contributed by atoms with van der Waals surface area (Å²) in [5.41, 5.74) is 5.02. The fraction of sp³-hybridized carbons (Fsp3) is 0. The van der Waals surface area contributed by atoms with E-state index in [1.807, 2.05) is 0 Å². The molecule has 0 unspecified atom stereocenters. The smallest absolute Gasteiger partial charge is 0.296 e. The first-order valence-corrected chi connectivity index (χ1v) is 7.40. The van der Waals surface area contributed by atoms with Gasteiger partial charge in [-0.15, -0.1) is 0 Å². The Morgan fingerprint density at radius 2 is 1.62 bits per heavy atom. The summed E-state index contributed by atoms with van der Waals surface area (Å²) >= 11 is 2.87. The molecule has 7 nitrogen and oxygen atoms in total. The summed E-state index contributed by atoms with van der Waals surface area (Å²) in [6.07, 6.45) is 0. The lowest BCUT2D eigenvalue weighted by Gasteiger charge is -2.07. The van der Waals surface area contributed by atoms with Gasteiger partial charge in [0, 0.05) is 4.47 Å². The molecule has 0 aliphatic rings. The van der Waals surface area contributed by atoms with Gasteiger partial charge in [0.2, 0.25) is 10.0 Å². The van der Waals surface area contributed by atoms with Crippen molar-refractivity contribution in [3.05, 3.63) is 16.6 Å². The van der Waals surface area contributed by atoms with E-state index in [4.69, 9.17) is 15.4 Å². The number of hydrogen-bond acceptors (Lipinski definition) is 5. The number of nitrogens with two attached hydrogens (primary N) is 2. The molecule has 0 atom stereocenters. The van der Waals surface area contributed by atoms with Crippen molar-refractivity contribution >= 4 is 41.8 Å². The van der Waals surface area contributed by atoms with E-state index in [9.17, 15) is 16.8 Å². The third kappa shape index (κ3) is 2.71. The van der Waals surface area contributed by atoms with Crippen molar-refractivity contribution in [3.8, 4) is 0 Å². The number of benzene rings is 1. The van der Waals surface area contributed by atoms with Crippen molar-refractivity contribution in [1.82, 2.24) is 0 Å². The molecule has 0 aromatic heterocycles. The van der Waals surface area contributed by atoms with Crippen LogP contribution in [0.4, 0.5) is 5.69 Å². The monoisotopic (exact) mass is 330 g/mol. The second kappa shape index (κ2) is 3.96. The van der Waals surface area contributed by atoms with Gasteiger partial charge in [-0.25, -0.2) is 13.6 Å². The third-order valence-corrected chi connectivity index (χ3v) is 4.43. The Morgan fingerprint density at radius 1 is 1.12 bits per heavy atom. The first-order valence-electron chi connectivity index (χ1n) is 3.63. The number of nitrogen functional groups attached to an aromatic ring is 1. The Labute approximate surface area is 100 Å². The van der Waals surface area contributed by atoms with E-state index in [-0.39, 0.29) is 10.2 Å². The molecule has 1 aromatic carbocycles. The maximum atomic E-state index is 11.1. The van der Waals surface area contributed by atoms with Gasteiger partial charge in [-0.05, 0) is 28.1 Å². The van der Waals surface area contributed by atoms with Gasteiger partial charge >= 0.3 is 0 Å². The number of hydrogen-bond donors (Lipinski definition) is 3.